The number of hydrogen-bond acceptors (Lipinski definition) is 6. The molecule has 1 aliphatic rings. The molecule has 0 fully saturated rings. The number of halogens is 2. The lowest BCUT2D eigenvalue weighted by atomic mass is 9.98. The van der Waals surface area contributed by atoms with Gasteiger partial charge < -0.3 is 9.47 Å². The summed E-state index contributed by atoms with van der Waals surface area (Å²) in [4.78, 5) is 4.77. The average molecular weight is 478 g/mol. The summed E-state index contributed by atoms with van der Waals surface area (Å²) in [7, 11) is 3.19. The number of aromatic nitrogens is 1. The zero-order valence-electron chi connectivity index (χ0n) is 18.5. The molecule has 172 valence electrons. The van der Waals surface area contributed by atoms with E-state index in [9.17, 15) is 8.78 Å². The Hall–Kier alpha value is -3.78. The SMILES string of the molecule is COc1ccc(C2=NN(c3nc(-c4ccc(F)cc4)cs3)C(c3ccc(F)cc3)C2)cc1OC. The Bertz CT molecular complexity index is 1340. The second kappa shape index (κ2) is 9.23. The minimum atomic E-state index is -0.292. The molecule has 1 atom stereocenters. The van der Waals surface area contributed by atoms with Crippen molar-refractivity contribution >= 4 is 22.2 Å². The van der Waals surface area contributed by atoms with Crippen LogP contribution in [-0.4, -0.2) is 24.9 Å². The van der Waals surface area contributed by atoms with Crippen molar-refractivity contribution in [1.29, 1.82) is 0 Å². The van der Waals surface area contributed by atoms with Gasteiger partial charge in [-0.25, -0.2) is 18.8 Å². The number of ether oxygens (including phenoxy) is 2. The van der Waals surface area contributed by atoms with Gasteiger partial charge >= 0.3 is 0 Å². The Morgan fingerprint density at radius 2 is 1.50 bits per heavy atom. The van der Waals surface area contributed by atoms with Crippen LogP contribution in [0.4, 0.5) is 13.9 Å². The van der Waals surface area contributed by atoms with Gasteiger partial charge in [-0.05, 0) is 60.2 Å². The smallest absolute Gasteiger partial charge is 0.207 e. The summed E-state index contributed by atoms with van der Waals surface area (Å²) in [5, 5.41) is 9.40. The topological polar surface area (TPSA) is 47.0 Å². The molecule has 1 unspecified atom stereocenters. The van der Waals surface area contributed by atoms with Crippen LogP contribution in [0.15, 0.2) is 77.2 Å². The summed E-state index contributed by atoms with van der Waals surface area (Å²) in [6, 6.07) is 18.2. The highest BCUT2D eigenvalue weighted by molar-refractivity contribution is 7.14. The van der Waals surface area contributed by atoms with Crippen LogP contribution >= 0.6 is 11.3 Å². The Morgan fingerprint density at radius 1 is 0.853 bits per heavy atom. The summed E-state index contributed by atoms with van der Waals surface area (Å²) in [6.45, 7) is 0. The molecule has 0 saturated heterocycles. The van der Waals surface area contributed by atoms with Gasteiger partial charge in [0.2, 0.25) is 5.13 Å². The number of benzene rings is 3. The average Bonchev–Trinajstić information content (AvgIpc) is 3.52. The van der Waals surface area contributed by atoms with Gasteiger partial charge in [0.15, 0.2) is 11.5 Å². The maximum absolute atomic E-state index is 13.6. The monoisotopic (exact) mass is 477 g/mol. The van der Waals surface area contributed by atoms with Crippen LogP contribution < -0.4 is 14.5 Å². The van der Waals surface area contributed by atoms with E-state index in [-0.39, 0.29) is 17.7 Å². The fourth-order valence-corrected chi connectivity index (χ4v) is 4.78. The van der Waals surface area contributed by atoms with E-state index in [4.69, 9.17) is 19.6 Å². The molecule has 0 saturated carbocycles. The molecule has 2 heterocycles. The maximum Gasteiger partial charge on any atom is 0.207 e. The predicted octanol–water partition coefficient (Wildman–Crippen LogP) is 6.46. The molecule has 0 amide bonds. The molecule has 0 N–H and O–H groups in total. The Morgan fingerprint density at radius 3 is 2.18 bits per heavy atom. The van der Waals surface area contributed by atoms with Crippen LogP contribution in [0.25, 0.3) is 11.3 Å². The summed E-state index contributed by atoms with van der Waals surface area (Å²) >= 11 is 1.45. The molecule has 5 nitrogen and oxygen atoms in total. The molecule has 8 heteroatoms. The zero-order valence-corrected chi connectivity index (χ0v) is 19.4. The summed E-state index contributed by atoms with van der Waals surface area (Å²) in [5.74, 6) is 0.675. The molecule has 0 radical (unpaired) electrons. The molecule has 0 bridgehead atoms. The molecule has 1 aliphatic heterocycles. The van der Waals surface area contributed by atoms with E-state index in [1.807, 2.05) is 28.6 Å². The normalized spacial score (nSPS) is 15.4. The van der Waals surface area contributed by atoms with E-state index in [1.165, 1.54) is 35.6 Å². The molecule has 1 aromatic heterocycles. The Balaban J connectivity index is 1.53. The fourth-order valence-electron chi connectivity index (χ4n) is 3.94. The Kier molecular flexibility index (Phi) is 5.98. The van der Waals surface area contributed by atoms with Gasteiger partial charge in [0, 0.05) is 22.9 Å². The standard InChI is InChI=1S/C26H21F2N3O2S/c1-32-24-12-7-18(13-25(24)33-2)21-14-23(17-5-10-20(28)11-6-17)31(30-21)26-29-22(15-34-26)16-3-8-19(27)9-4-16/h3-13,15,23H,14H2,1-2H3. The number of thiazole rings is 1. The van der Waals surface area contributed by atoms with Crippen LogP contribution in [-0.2, 0) is 0 Å². The van der Waals surface area contributed by atoms with E-state index >= 15 is 0 Å². The van der Waals surface area contributed by atoms with Crippen LogP contribution in [0.5, 0.6) is 11.5 Å². The lowest BCUT2D eigenvalue weighted by Gasteiger charge is -2.21. The van der Waals surface area contributed by atoms with Crippen molar-refractivity contribution in [2.45, 2.75) is 12.5 Å². The summed E-state index contributed by atoms with van der Waals surface area (Å²) < 4.78 is 37.8. The predicted molar refractivity (Wildman–Crippen MR) is 130 cm³/mol. The van der Waals surface area contributed by atoms with Crippen molar-refractivity contribution < 1.29 is 18.3 Å². The van der Waals surface area contributed by atoms with Crippen LogP contribution in [0, 0.1) is 11.6 Å². The van der Waals surface area contributed by atoms with Crippen molar-refractivity contribution in [3.05, 3.63) is 94.9 Å². The van der Waals surface area contributed by atoms with E-state index in [1.54, 1.807) is 38.5 Å². The first kappa shape index (κ1) is 22.0. The van der Waals surface area contributed by atoms with Crippen LogP contribution in [0.2, 0.25) is 0 Å². The quantitative estimate of drug-likeness (QED) is 0.320. The van der Waals surface area contributed by atoms with E-state index in [0.29, 0.717) is 23.1 Å². The number of hydrazone groups is 1. The van der Waals surface area contributed by atoms with Crippen molar-refractivity contribution in [3.63, 3.8) is 0 Å². The highest BCUT2D eigenvalue weighted by Gasteiger charge is 2.32. The molecule has 5 rings (SSSR count). The first-order valence-electron chi connectivity index (χ1n) is 10.6. The minimum Gasteiger partial charge on any atom is -0.493 e. The summed E-state index contributed by atoms with van der Waals surface area (Å²) in [6.07, 6.45) is 0.604. The maximum atomic E-state index is 13.6. The van der Waals surface area contributed by atoms with Crippen molar-refractivity contribution in [1.82, 2.24) is 4.98 Å². The van der Waals surface area contributed by atoms with Gasteiger partial charge in [0.1, 0.15) is 11.6 Å². The number of hydrogen-bond donors (Lipinski definition) is 0. The number of methoxy groups -OCH3 is 2. The molecular formula is C26H21F2N3O2S. The molecule has 4 aromatic rings. The lowest BCUT2D eigenvalue weighted by Crippen LogP contribution is -2.18. The molecule has 0 spiro atoms. The van der Waals surface area contributed by atoms with E-state index < -0.39 is 0 Å². The number of nitrogens with zero attached hydrogens (tertiary/aromatic N) is 3. The van der Waals surface area contributed by atoms with Crippen LogP contribution in [0.3, 0.4) is 0 Å². The molecular weight excluding hydrogens is 456 g/mol. The van der Waals surface area contributed by atoms with Gasteiger partial charge in [-0.15, -0.1) is 11.3 Å². The highest BCUT2D eigenvalue weighted by Crippen LogP contribution is 2.40. The van der Waals surface area contributed by atoms with Crippen LogP contribution in [0.1, 0.15) is 23.6 Å². The second-order valence-electron chi connectivity index (χ2n) is 7.75. The minimum absolute atomic E-state index is 0.157. The van der Waals surface area contributed by atoms with Gasteiger partial charge in [0.25, 0.3) is 0 Å². The van der Waals surface area contributed by atoms with E-state index in [2.05, 4.69) is 0 Å². The van der Waals surface area contributed by atoms with E-state index in [0.717, 1.165) is 28.1 Å². The van der Waals surface area contributed by atoms with Gasteiger partial charge in [-0.2, -0.15) is 5.10 Å². The molecule has 34 heavy (non-hydrogen) atoms. The first-order valence-corrected chi connectivity index (χ1v) is 11.5. The second-order valence-corrected chi connectivity index (χ2v) is 8.59. The third-order valence-electron chi connectivity index (χ3n) is 5.71. The van der Waals surface area contributed by atoms with Gasteiger partial charge in [-0.1, -0.05) is 12.1 Å². The van der Waals surface area contributed by atoms with Crippen molar-refractivity contribution in [3.8, 4) is 22.8 Å². The largest absolute Gasteiger partial charge is 0.493 e. The third-order valence-corrected chi connectivity index (χ3v) is 6.54. The molecule has 0 aliphatic carbocycles. The number of anilines is 1. The highest BCUT2D eigenvalue weighted by atomic mass is 32.1. The molecule has 3 aromatic carbocycles. The van der Waals surface area contributed by atoms with Crippen molar-refractivity contribution in [2.75, 3.05) is 19.2 Å². The third kappa shape index (κ3) is 4.24. The Labute approximate surface area is 199 Å². The van der Waals surface area contributed by atoms with Crippen molar-refractivity contribution in [2.24, 2.45) is 5.10 Å². The fraction of sp³-hybridized carbons (Fsp3) is 0.154. The zero-order chi connectivity index (χ0) is 23.7. The first-order chi connectivity index (χ1) is 16.6. The summed E-state index contributed by atoms with van der Waals surface area (Å²) in [5.41, 5.74) is 4.26. The number of rotatable bonds is 6. The van der Waals surface area contributed by atoms with Gasteiger partial charge in [0.05, 0.1) is 31.7 Å². The lowest BCUT2D eigenvalue weighted by molar-refractivity contribution is 0.355. The van der Waals surface area contributed by atoms with Gasteiger partial charge in [-0.3, -0.25) is 0 Å².